The van der Waals surface area contributed by atoms with Crippen molar-refractivity contribution in [1.29, 1.82) is 0 Å². The molecule has 2 nitrogen and oxygen atoms in total. The Kier molecular flexibility index (Phi) is 6.42. The van der Waals surface area contributed by atoms with E-state index in [0.29, 0.717) is 0 Å². The average Bonchev–Trinajstić information content (AvgIpc) is 2.94. The van der Waals surface area contributed by atoms with Gasteiger partial charge in [0, 0.05) is 13.1 Å². The van der Waals surface area contributed by atoms with Crippen LogP contribution >= 0.6 is 18.5 Å². The van der Waals surface area contributed by atoms with Gasteiger partial charge in [0.2, 0.25) is 0 Å². The summed E-state index contributed by atoms with van der Waals surface area (Å²) in [7, 11) is 5.96. The molecule has 0 heterocycles. The molecule has 0 bridgehead atoms. The highest BCUT2D eigenvalue weighted by molar-refractivity contribution is 7.18. The first-order valence-corrected chi connectivity index (χ1v) is 8.75. The summed E-state index contributed by atoms with van der Waals surface area (Å²) >= 11 is 0. The fraction of sp³-hybridized carbons (Fsp3) is 0.857. The molecule has 5 atom stereocenters. The third-order valence-corrected chi connectivity index (χ3v) is 5.95. The fourth-order valence-electron chi connectivity index (χ4n) is 3.05. The average molecular weight is 286 g/mol. The maximum absolute atomic E-state index is 3.58. The van der Waals surface area contributed by atoms with Crippen LogP contribution in [0.2, 0.25) is 0 Å². The maximum Gasteiger partial charge on any atom is 0.0266 e. The third-order valence-electron chi connectivity index (χ3n) is 4.31. The Morgan fingerprint density at radius 1 is 1.11 bits per heavy atom. The minimum absolute atomic E-state index is 0.724. The van der Waals surface area contributed by atoms with Gasteiger partial charge in [0.05, 0.1) is 0 Å². The van der Waals surface area contributed by atoms with Crippen LogP contribution in [0.15, 0.2) is 11.8 Å². The largest absolute Gasteiger partial charge is 0.390 e. The van der Waals surface area contributed by atoms with Crippen LogP contribution in [0.5, 0.6) is 0 Å². The minimum Gasteiger partial charge on any atom is -0.390 e. The Morgan fingerprint density at radius 3 is 2.67 bits per heavy atom. The molecule has 0 amide bonds. The summed E-state index contributed by atoms with van der Waals surface area (Å²) in [6.45, 7) is 3.33. The highest BCUT2D eigenvalue weighted by atomic mass is 31.0. The molecule has 0 saturated heterocycles. The lowest BCUT2D eigenvalue weighted by molar-refractivity contribution is 0.497. The number of nitrogens with one attached hydrogen (secondary N) is 2. The Balaban J connectivity index is 1.51. The third kappa shape index (κ3) is 4.48. The molecule has 0 aliphatic heterocycles. The van der Waals surface area contributed by atoms with Crippen molar-refractivity contribution in [2.45, 2.75) is 49.8 Å². The SMILES string of the molecule is PC1CCCC1=CNCCNCC1CCCC1P. The zero-order chi connectivity index (χ0) is 12.8. The van der Waals surface area contributed by atoms with Crippen LogP contribution in [0.3, 0.4) is 0 Å². The van der Waals surface area contributed by atoms with Crippen LogP contribution in [0, 0.1) is 5.92 Å². The lowest BCUT2D eigenvalue weighted by Crippen LogP contribution is -2.30. The Hall–Kier alpha value is 0.360. The van der Waals surface area contributed by atoms with Crippen LogP contribution < -0.4 is 10.6 Å². The van der Waals surface area contributed by atoms with Gasteiger partial charge < -0.3 is 10.6 Å². The fourth-order valence-corrected chi connectivity index (χ4v) is 4.11. The van der Waals surface area contributed by atoms with E-state index in [2.05, 4.69) is 35.3 Å². The summed E-state index contributed by atoms with van der Waals surface area (Å²) in [6.07, 6.45) is 10.5. The lowest BCUT2D eigenvalue weighted by Gasteiger charge is -2.15. The Morgan fingerprint density at radius 2 is 2.00 bits per heavy atom. The molecule has 0 spiro atoms. The first kappa shape index (κ1) is 14.8. The van der Waals surface area contributed by atoms with Crippen molar-refractivity contribution in [1.82, 2.24) is 10.6 Å². The highest BCUT2D eigenvalue weighted by Crippen LogP contribution is 2.31. The highest BCUT2D eigenvalue weighted by Gasteiger charge is 2.22. The predicted octanol–water partition coefficient (Wildman–Crippen LogP) is 2.52. The second-order valence-electron chi connectivity index (χ2n) is 5.73. The molecular formula is C14H28N2P2. The molecule has 0 aromatic rings. The zero-order valence-electron chi connectivity index (χ0n) is 11.3. The van der Waals surface area contributed by atoms with E-state index < -0.39 is 0 Å². The van der Waals surface area contributed by atoms with E-state index in [4.69, 9.17) is 0 Å². The van der Waals surface area contributed by atoms with E-state index in [1.54, 1.807) is 5.57 Å². The van der Waals surface area contributed by atoms with Crippen LogP contribution in [-0.4, -0.2) is 31.0 Å². The van der Waals surface area contributed by atoms with Gasteiger partial charge in [-0.15, -0.1) is 18.5 Å². The quantitative estimate of drug-likeness (QED) is 0.579. The van der Waals surface area contributed by atoms with E-state index >= 15 is 0 Å². The summed E-state index contributed by atoms with van der Waals surface area (Å²) in [5.41, 5.74) is 3.16. The van der Waals surface area contributed by atoms with Gasteiger partial charge >= 0.3 is 0 Å². The van der Waals surface area contributed by atoms with Gasteiger partial charge in [-0.05, 0) is 67.7 Å². The molecule has 0 radical (unpaired) electrons. The van der Waals surface area contributed by atoms with Crippen molar-refractivity contribution in [3.05, 3.63) is 11.8 Å². The van der Waals surface area contributed by atoms with Crippen molar-refractivity contribution in [2.24, 2.45) is 5.92 Å². The van der Waals surface area contributed by atoms with Gasteiger partial charge in [-0.1, -0.05) is 6.42 Å². The summed E-state index contributed by atoms with van der Waals surface area (Å²) in [5.74, 6) is 0.889. The molecule has 4 heteroatoms. The van der Waals surface area contributed by atoms with E-state index in [-0.39, 0.29) is 0 Å². The van der Waals surface area contributed by atoms with Gasteiger partial charge in [-0.25, -0.2) is 0 Å². The van der Waals surface area contributed by atoms with Gasteiger partial charge in [0.1, 0.15) is 0 Å². The standard InChI is InChI=1S/C14H28N2P2/c17-13-5-1-3-11(13)9-15-7-8-16-10-12-4-2-6-14(12)18/h9,12-16H,1-8,10,17-18H2. The normalized spacial score (nSPS) is 34.3. The van der Waals surface area contributed by atoms with Gasteiger partial charge in [0.15, 0.2) is 0 Å². The topological polar surface area (TPSA) is 24.1 Å². The van der Waals surface area contributed by atoms with Crippen LogP contribution in [-0.2, 0) is 0 Å². The van der Waals surface area contributed by atoms with Gasteiger partial charge in [-0.2, -0.15) is 0 Å². The van der Waals surface area contributed by atoms with Crippen LogP contribution in [0.4, 0.5) is 0 Å². The minimum atomic E-state index is 0.724. The second kappa shape index (κ2) is 7.83. The molecule has 2 saturated carbocycles. The van der Waals surface area contributed by atoms with E-state index in [1.807, 2.05) is 0 Å². The van der Waals surface area contributed by atoms with Crippen LogP contribution in [0.1, 0.15) is 38.5 Å². The molecular weight excluding hydrogens is 258 g/mol. The first-order valence-electron chi connectivity index (χ1n) is 7.41. The van der Waals surface area contributed by atoms with Crippen LogP contribution in [0.25, 0.3) is 0 Å². The van der Waals surface area contributed by atoms with Crippen molar-refractivity contribution in [2.75, 3.05) is 19.6 Å². The number of hydrogen-bond acceptors (Lipinski definition) is 2. The molecule has 18 heavy (non-hydrogen) atoms. The first-order chi connectivity index (χ1) is 8.77. The smallest absolute Gasteiger partial charge is 0.0266 e. The van der Waals surface area contributed by atoms with Crippen molar-refractivity contribution in [3.8, 4) is 0 Å². The number of allylic oxidation sites excluding steroid dienone is 1. The Labute approximate surface area is 117 Å². The second-order valence-corrected chi connectivity index (χ2v) is 7.39. The van der Waals surface area contributed by atoms with Crippen molar-refractivity contribution < 1.29 is 0 Å². The molecule has 5 unspecified atom stereocenters. The summed E-state index contributed by atoms with van der Waals surface area (Å²) in [6, 6.07) is 0. The van der Waals surface area contributed by atoms with E-state index in [1.165, 1.54) is 45.1 Å². The number of rotatable bonds is 6. The van der Waals surface area contributed by atoms with E-state index in [9.17, 15) is 0 Å². The van der Waals surface area contributed by atoms with E-state index in [0.717, 1.165) is 30.3 Å². The molecule has 2 N–H and O–H groups in total. The Bertz CT molecular complexity index is 281. The monoisotopic (exact) mass is 286 g/mol. The summed E-state index contributed by atoms with van der Waals surface area (Å²) in [5, 5.41) is 7.04. The molecule has 2 fully saturated rings. The van der Waals surface area contributed by atoms with Gasteiger partial charge in [-0.3, -0.25) is 0 Å². The van der Waals surface area contributed by atoms with Crippen molar-refractivity contribution >= 4 is 18.5 Å². The summed E-state index contributed by atoms with van der Waals surface area (Å²) in [4.78, 5) is 0. The molecule has 0 aromatic carbocycles. The molecule has 104 valence electrons. The maximum atomic E-state index is 3.58. The predicted molar refractivity (Wildman–Crippen MR) is 87.1 cm³/mol. The molecule has 2 aliphatic carbocycles. The lowest BCUT2D eigenvalue weighted by atomic mass is 10.1. The molecule has 2 rings (SSSR count). The zero-order valence-corrected chi connectivity index (χ0v) is 13.6. The van der Waals surface area contributed by atoms with Gasteiger partial charge in [0.25, 0.3) is 0 Å². The molecule has 0 aromatic heterocycles. The summed E-state index contributed by atoms with van der Waals surface area (Å²) < 4.78 is 0. The number of hydrogen-bond donors (Lipinski definition) is 2. The molecule has 2 aliphatic rings. The van der Waals surface area contributed by atoms with Crippen molar-refractivity contribution in [3.63, 3.8) is 0 Å².